The van der Waals surface area contributed by atoms with Crippen molar-refractivity contribution < 1.29 is 8.83 Å². The highest BCUT2D eigenvalue weighted by molar-refractivity contribution is 7.99. The van der Waals surface area contributed by atoms with Crippen molar-refractivity contribution >= 4 is 34.5 Å². The summed E-state index contributed by atoms with van der Waals surface area (Å²) in [6.45, 7) is 1.97. The van der Waals surface area contributed by atoms with E-state index in [0.29, 0.717) is 27.6 Å². The minimum absolute atomic E-state index is 0.0847. The Bertz CT molecular complexity index is 984. The molecule has 5 nitrogen and oxygen atoms in total. The highest BCUT2D eigenvalue weighted by Crippen LogP contribution is 2.36. The topological polar surface area (TPSA) is 65.0 Å². The molecule has 0 radical (unpaired) electrons. The van der Waals surface area contributed by atoms with Gasteiger partial charge < -0.3 is 8.83 Å². The van der Waals surface area contributed by atoms with Crippen LogP contribution in [-0.2, 0) is 0 Å². The van der Waals surface area contributed by atoms with Crippen molar-refractivity contribution in [2.75, 3.05) is 0 Å². The molecule has 0 N–H and O–H groups in total. The first kappa shape index (κ1) is 15.2. The van der Waals surface area contributed by atoms with Crippen molar-refractivity contribution in [3.8, 4) is 11.5 Å². The zero-order valence-corrected chi connectivity index (χ0v) is 14.2. The smallest absolute Gasteiger partial charge is 0.257 e. The Morgan fingerprint density at radius 3 is 2.71 bits per heavy atom. The van der Waals surface area contributed by atoms with Gasteiger partial charge in [0.05, 0.1) is 5.25 Å². The normalized spacial score (nSPS) is 12.6. The van der Waals surface area contributed by atoms with Crippen LogP contribution >= 0.6 is 23.4 Å². The van der Waals surface area contributed by atoms with Crippen LogP contribution in [-0.4, -0.2) is 15.2 Å². The summed E-state index contributed by atoms with van der Waals surface area (Å²) >= 11 is 7.39. The lowest BCUT2D eigenvalue weighted by molar-refractivity contribution is 0.481. The minimum Gasteiger partial charge on any atom is -0.431 e. The second-order valence-corrected chi connectivity index (χ2v) is 6.89. The molecular weight excluding hydrogens is 346 g/mol. The fourth-order valence-electron chi connectivity index (χ4n) is 2.23. The molecule has 0 saturated heterocycles. The number of benzene rings is 2. The Morgan fingerprint density at radius 2 is 1.88 bits per heavy atom. The molecule has 2 aromatic carbocycles. The third-order valence-electron chi connectivity index (χ3n) is 3.42. The lowest BCUT2D eigenvalue weighted by Gasteiger charge is -2.01. The molecule has 0 saturated carbocycles. The Labute approximate surface area is 147 Å². The lowest BCUT2D eigenvalue weighted by Crippen LogP contribution is -1.88. The molecule has 0 spiro atoms. The molecule has 0 amide bonds. The fourth-order valence-corrected chi connectivity index (χ4v) is 3.18. The Morgan fingerprint density at radius 1 is 1.04 bits per heavy atom. The third kappa shape index (κ3) is 3.02. The van der Waals surface area contributed by atoms with E-state index in [-0.39, 0.29) is 5.25 Å². The van der Waals surface area contributed by atoms with E-state index in [1.807, 2.05) is 37.3 Å². The number of fused-ring (bicyclic) bond motifs is 1. The molecule has 4 aromatic rings. The van der Waals surface area contributed by atoms with Crippen LogP contribution in [0, 0.1) is 0 Å². The van der Waals surface area contributed by atoms with E-state index >= 15 is 0 Å². The van der Waals surface area contributed by atoms with Gasteiger partial charge in [-0.2, -0.15) is 0 Å². The molecule has 1 atom stereocenters. The van der Waals surface area contributed by atoms with Crippen LogP contribution in [0.5, 0.6) is 0 Å². The van der Waals surface area contributed by atoms with E-state index in [9.17, 15) is 0 Å². The van der Waals surface area contributed by atoms with Gasteiger partial charge in [-0.05, 0) is 37.3 Å². The molecule has 0 aliphatic carbocycles. The summed E-state index contributed by atoms with van der Waals surface area (Å²) in [6.07, 6.45) is 0. The zero-order valence-electron chi connectivity index (χ0n) is 12.6. The van der Waals surface area contributed by atoms with Crippen LogP contribution in [0.25, 0.3) is 22.6 Å². The van der Waals surface area contributed by atoms with Gasteiger partial charge in [-0.3, -0.25) is 0 Å². The molecule has 7 heteroatoms. The molecule has 2 aromatic heterocycles. The summed E-state index contributed by atoms with van der Waals surface area (Å²) in [7, 11) is 0. The molecule has 2 heterocycles. The van der Waals surface area contributed by atoms with E-state index in [1.54, 1.807) is 18.2 Å². The van der Waals surface area contributed by atoms with Crippen LogP contribution in [0.3, 0.4) is 0 Å². The van der Waals surface area contributed by atoms with Crippen LogP contribution in [0.1, 0.15) is 18.1 Å². The molecule has 24 heavy (non-hydrogen) atoms. The number of aromatic nitrogens is 3. The van der Waals surface area contributed by atoms with E-state index in [0.717, 1.165) is 11.1 Å². The number of nitrogens with zero attached hydrogens (tertiary/aromatic N) is 3. The zero-order chi connectivity index (χ0) is 16.5. The van der Waals surface area contributed by atoms with Crippen molar-refractivity contribution in [2.24, 2.45) is 0 Å². The average Bonchev–Trinajstić information content (AvgIpc) is 3.22. The van der Waals surface area contributed by atoms with Crippen LogP contribution in [0.4, 0.5) is 0 Å². The first-order valence-corrected chi connectivity index (χ1v) is 8.56. The van der Waals surface area contributed by atoms with Gasteiger partial charge in [-0.25, -0.2) is 4.98 Å². The minimum atomic E-state index is -0.0847. The highest BCUT2D eigenvalue weighted by Gasteiger charge is 2.19. The van der Waals surface area contributed by atoms with Crippen LogP contribution in [0.15, 0.2) is 62.6 Å². The van der Waals surface area contributed by atoms with E-state index in [4.69, 9.17) is 20.4 Å². The number of halogens is 1. The third-order valence-corrected chi connectivity index (χ3v) is 4.58. The summed E-state index contributed by atoms with van der Waals surface area (Å²) in [4.78, 5) is 4.43. The van der Waals surface area contributed by atoms with Gasteiger partial charge in [0.2, 0.25) is 11.8 Å². The van der Waals surface area contributed by atoms with Crippen molar-refractivity contribution in [1.29, 1.82) is 0 Å². The number of rotatable bonds is 4. The number of thioether (sulfide) groups is 1. The summed E-state index contributed by atoms with van der Waals surface area (Å²) in [5, 5.41) is 9.32. The first-order valence-electron chi connectivity index (χ1n) is 7.30. The number of hydrogen-bond donors (Lipinski definition) is 0. The van der Waals surface area contributed by atoms with Gasteiger partial charge >= 0.3 is 0 Å². The lowest BCUT2D eigenvalue weighted by atomic mass is 10.2. The molecule has 120 valence electrons. The average molecular weight is 358 g/mol. The second kappa shape index (κ2) is 6.30. The molecule has 4 rings (SSSR count). The van der Waals surface area contributed by atoms with Crippen LogP contribution in [0.2, 0.25) is 5.02 Å². The van der Waals surface area contributed by atoms with E-state index < -0.39 is 0 Å². The maximum Gasteiger partial charge on any atom is 0.257 e. The summed E-state index contributed by atoms with van der Waals surface area (Å²) < 4.78 is 11.5. The Hall–Kier alpha value is -2.31. The van der Waals surface area contributed by atoms with Crippen molar-refractivity contribution in [3.05, 3.63) is 59.4 Å². The largest absolute Gasteiger partial charge is 0.431 e. The van der Waals surface area contributed by atoms with Gasteiger partial charge in [0.15, 0.2) is 5.58 Å². The molecule has 1 unspecified atom stereocenters. The maximum atomic E-state index is 5.97. The van der Waals surface area contributed by atoms with Crippen molar-refractivity contribution in [1.82, 2.24) is 15.2 Å². The standard InChI is InChI=1S/C17H12ClN3O2S/c1-10(15-20-21-16(23-15)11-5-3-2-4-6-11)24-17-19-13-9-12(18)7-8-14(13)22-17/h2-10H,1H3. The van der Waals surface area contributed by atoms with Gasteiger partial charge in [0, 0.05) is 10.6 Å². The predicted octanol–water partition coefficient (Wildman–Crippen LogP) is 5.38. The quantitative estimate of drug-likeness (QED) is 0.456. The van der Waals surface area contributed by atoms with E-state index in [1.165, 1.54) is 11.8 Å². The highest BCUT2D eigenvalue weighted by atomic mass is 35.5. The molecule has 0 aliphatic rings. The SMILES string of the molecule is CC(Sc1nc2cc(Cl)ccc2o1)c1nnc(-c2ccccc2)o1. The fraction of sp³-hybridized carbons (Fsp3) is 0.118. The van der Waals surface area contributed by atoms with Crippen molar-refractivity contribution in [2.45, 2.75) is 17.4 Å². The second-order valence-electron chi connectivity index (χ2n) is 5.16. The number of hydrogen-bond acceptors (Lipinski definition) is 6. The van der Waals surface area contributed by atoms with Gasteiger partial charge in [0.1, 0.15) is 5.52 Å². The van der Waals surface area contributed by atoms with Gasteiger partial charge in [0.25, 0.3) is 5.22 Å². The van der Waals surface area contributed by atoms with E-state index in [2.05, 4.69) is 15.2 Å². The number of oxazole rings is 1. The Balaban J connectivity index is 1.55. The van der Waals surface area contributed by atoms with Gasteiger partial charge in [-0.15, -0.1) is 10.2 Å². The van der Waals surface area contributed by atoms with Gasteiger partial charge in [-0.1, -0.05) is 41.6 Å². The molecule has 0 fully saturated rings. The predicted molar refractivity (Wildman–Crippen MR) is 93.0 cm³/mol. The first-order chi connectivity index (χ1) is 11.7. The summed E-state index contributed by atoms with van der Waals surface area (Å²) in [5.41, 5.74) is 2.32. The molecule has 0 bridgehead atoms. The summed E-state index contributed by atoms with van der Waals surface area (Å²) in [5.74, 6) is 1.03. The maximum absolute atomic E-state index is 5.97. The summed E-state index contributed by atoms with van der Waals surface area (Å²) in [6, 6.07) is 15.0. The molecule has 0 aliphatic heterocycles. The Kier molecular flexibility index (Phi) is 4.00. The monoisotopic (exact) mass is 357 g/mol. The molecular formula is C17H12ClN3O2S. The van der Waals surface area contributed by atoms with Crippen LogP contribution < -0.4 is 0 Å². The van der Waals surface area contributed by atoms with Crippen molar-refractivity contribution in [3.63, 3.8) is 0 Å².